The molecule has 1 atom stereocenters. The Morgan fingerprint density at radius 2 is 1.86 bits per heavy atom. The molecule has 84 valence electrons. The normalized spacial score (nSPS) is 24.9. The fraction of sp³-hybridized carbons (Fsp3) is 1.00. The minimum atomic E-state index is 0.577. The summed E-state index contributed by atoms with van der Waals surface area (Å²) in [4.78, 5) is 2.60. The van der Waals surface area contributed by atoms with E-state index < -0.39 is 0 Å². The highest BCUT2D eigenvalue weighted by atomic mass is 15.1. The van der Waals surface area contributed by atoms with Crippen molar-refractivity contribution in [3.05, 3.63) is 0 Å². The van der Waals surface area contributed by atoms with E-state index in [2.05, 4.69) is 25.7 Å². The van der Waals surface area contributed by atoms with Crippen LogP contribution >= 0.6 is 0 Å². The van der Waals surface area contributed by atoms with Crippen LogP contribution in [0.1, 0.15) is 40.0 Å². The maximum absolute atomic E-state index is 5.56. The molecule has 0 amide bonds. The quantitative estimate of drug-likeness (QED) is 0.749. The first kappa shape index (κ1) is 12.0. The van der Waals surface area contributed by atoms with Gasteiger partial charge in [0.2, 0.25) is 0 Å². The minimum Gasteiger partial charge on any atom is -0.330 e. The molecule has 2 heteroatoms. The second kappa shape index (κ2) is 5.13. The van der Waals surface area contributed by atoms with Gasteiger partial charge in [-0.15, -0.1) is 0 Å². The summed E-state index contributed by atoms with van der Waals surface area (Å²) in [5.41, 5.74) is 6.14. The molecule has 1 fully saturated rings. The fourth-order valence-corrected chi connectivity index (χ4v) is 2.16. The second-order valence-electron chi connectivity index (χ2n) is 5.65. The smallest absolute Gasteiger partial charge is 0.000750 e. The molecule has 2 N–H and O–H groups in total. The first-order chi connectivity index (χ1) is 6.53. The van der Waals surface area contributed by atoms with E-state index in [0.717, 1.165) is 12.5 Å². The number of nitrogens with zero attached hydrogens (tertiary/aromatic N) is 1. The predicted molar refractivity (Wildman–Crippen MR) is 62.3 cm³/mol. The maximum atomic E-state index is 5.56. The van der Waals surface area contributed by atoms with E-state index in [1.54, 1.807) is 0 Å². The van der Waals surface area contributed by atoms with Gasteiger partial charge < -0.3 is 10.6 Å². The molecule has 0 aromatic rings. The van der Waals surface area contributed by atoms with Gasteiger partial charge in [0.1, 0.15) is 0 Å². The highest BCUT2D eigenvalue weighted by molar-refractivity contribution is 4.79. The molecule has 0 aromatic heterocycles. The van der Waals surface area contributed by atoms with E-state index in [-0.39, 0.29) is 0 Å². The summed E-state index contributed by atoms with van der Waals surface area (Å²) in [6, 6.07) is 0. The van der Waals surface area contributed by atoms with Crippen LogP contribution < -0.4 is 5.73 Å². The van der Waals surface area contributed by atoms with Gasteiger partial charge in [0.05, 0.1) is 0 Å². The zero-order valence-electron chi connectivity index (χ0n) is 10.1. The van der Waals surface area contributed by atoms with Crippen molar-refractivity contribution in [3.63, 3.8) is 0 Å². The molecule has 0 bridgehead atoms. The Kier molecular flexibility index (Phi) is 4.39. The molecule has 2 nitrogen and oxygen atoms in total. The van der Waals surface area contributed by atoms with Gasteiger partial charge in [-0.05, 0) is 50.2 Å². The van der Waals surface area contributed by atoms with E-state index >= 15 is 0 Å². The van der Waals surface area contributed by atoms with Gasteiger partial charge in [0, 0.05) is 6.54 Å². The summed E-state index contributed by atoms with van der Waals surface area (Å²) in [5, 5.41) is 0. The lowest BCUT2D eigenvalue weighted by molar-refractivity contribution is 0.118. The van der Waals surface area contributed by atoms with Gasteiger partial charge in [-0.1, -0.05) is 20.8 Å². The molecule has 1 saturated heterocycles. The van der Waals surface area contributed by atoms with Gasteiger partial charge in [0.25, 0.3) is 0 Å². The standard InChI is InChI=1S/C12H26N2/c1-11(4-7-13)10-14-8-5-12(2,3)6-9-14/h11H,4-10,13H2,1-3H3. The van der Waals surface area contributed by atoms with Crippen LogP contribution in [-0.2, 0) is 0 Å². The van der Waals surface area contributed by atoms with Gasteiger partial charge in [-0.25, -0.2) is 0 Å². The van der Waals surface area contributed by atoms with E-state index in [1.807, 2.05) is 0 Å². The van der Waals surface area contributed by atoms with Crippen LogP contribution in [0.4, 0.5) is 0 Å². The number of hydrogen-bond donors (Lipinski definition) is 1. The van der Waals surface area contributed by atoms with Crippen molar-refractivity contribution >= 4 is 0 Å². The Bertz CT molecular complexity index is 156. The maximum Gasteiger partial charge on any atom is 0.000750 e. The van der Waals surface area contributed by atoms with E-state index in [1.165, 1.54) is 38.9 Å². The van der Waals surface area contributed by atoms with Crippen LogP contribution in [0.15, 0.2) is 0 Å². The third kappa shape index (κ3) is 3.97. The van der Waals surface area contributed by atoms with E-state index in [9.17, 15) is 0 Å². The van der Waals surface area contributed by atoms with E-state index in [4.69, 9.17) is 5.73 Å². The zero-order valence-corrected chi connectivity index (χ0v) is 10.1. The lowest BCUT2D eigenvalue weighted by Crippen LogP contribution is -2.39. The Labute approximate surface area is 88.8 Å². The van der Waals surface area contributed by atoms with Crippen molar-refractivity contribution in [2.75, 3.05) is 26.2 Å². The first-order valence-electron chi connectivity index (χ1n) is 5.96. The van der Waals surface area contributed by atoms with Crippen LogP contribution in [0, 0.1) is 11.3 Å². The molecule has 0 spiro atoms. The molecule has 0 saturated carbocycles. The monoisotopic (exact) mass is 198 g/mol. The summed E-state index contributed by atoms with van der Waals surface area (Å²) < 4.78 is 0. The van der Waals surface area contributed by atoms with Gasteiger partial charge in [0.15, 0.2) is 0 Å². The lowest BCUT2D eigenvalue weighted by atomic mass is 9.82. The average molecular weight is 198 g/mol. The molecule has 0 radical (unpaired) electrons. The summed E-state index contributed by atoms with van der Waals surface area (Å²) >= 11 is 0. The molecule has 1 aliphatic heterocycles. The number of piperidine rings is 1. The minimum absolute atomic E-state index is 0.577. The molecule has 0 aromatic carbocycles. The van der Waals surface area contributed by atoms with Crippen molar-refractivity contribution in [3.8, 4) is 0 Å². The van der Waals surface area contributed by atoms with Crippen molar-refractivity contribution < 1.29 is 0 Å². The Balaban J connectivity index is 2.22. The Hall–Kier alpha value is -0.0800. The Morgan fingerprint density at radius 3 is 2.36 bits per heavy atom. The molecular weight excluding hydrogens is 172 g/mol. The zero-order chi connectivity index (χ0) is 10.6. The highest BCUT2D eigenvalue weighted by Crippen LogP contribution is 2.29. The second-order valence-corrected chi connectivity index (χ2v) is 5.65. The van der Waals surface area contributed by atoms with Gasteiger partial charge >= 0.3 is 0 Å². The van der Waals surface area contributed by atoms with Crippen molar-refractivity contribution in [2.45, 2.75) is 40.0 Å². The fourth-order valence-electron chi connectivity index (χ4n) is 2.16. The first-order valence-corrected chi connectivity index (χ1v) is 5.96. The molecule has 1 aliphatic rings. The predicted octanol–water partition coefficient (Wildman–Crippen LogP) is 2.09. The topological polar surface area (TPSA) is 29.3 Å². The highest BCUT2D eigenvalue weighted by Gasteiger charge is 2.25. The molecule has 14 heavy (non-hydrogen) atoms. The third-order valence-electron chi connectivity index (χ3n) is 3.44. The van der Waals surface area contributed by atoms with Crippen LogP contribution in [0.25, 0.3) is 0 Å². The van der Waals surface area contributed by atoms with Crippen LogP contribution in [-0.4, -0.2) is 31.1 Å². The number of hydrogen-bond acceptors (Lipinski definition) is 2. The van der Waals surface area contributed by atoms with Crippen molar-refractivity contribution in [1.29, 1.82) is 0 Å². The number of nitrogens with two attached hydrogens (primary N) is 1. The van der Waals surface area contributed by atoms with Crippen LogP contribution in [0.5, 0.6) is 0 Å². The molecule has 1 heterocycles. The Morgan fingerprint density at radius 1 is 1.29 bits per heavy atom. The summed E-state index contributed by atoms with van der Waals surface area (Å²) in [6.45, 7) is 11.7. The largest absolute Gasteiger partial charge is 0.330 e. The summed E-state index contributed by atoms with van der Waals surface area (Å²) in [7, 11) is 0. The molecule has 1 rings (SSSR count). The van der Waals surface area contributed by atoms with E-state index in [0.29, 0.717) is 5.41 Å². The van der Waals surface area contributed by atoms with Crippen molar-refractivity contribution in [2.24, 2.45) is 17.1 Å². The van der Waals surface area contributed by atoms with Crippen molar-refractivity contribution in [1.82, 2.24) is 4.90 Å². The molecule has 1 unspecified atom stereocenters. The summed E-state index contributed by atoms with van der Waals surface area (Å²) in [6.07, 6.45) is 3.87. The molecular formula is C12H26N2. The molecule has 0 aliphatic carbocycles. The third-order valence-corrected chi connectivity index (χ3v) is 3.44. The number of rotatable bonds is 4. The van der Waals surface area contributed by atoms with Crippen LogP contribution in [0.3, 0.4) is 0 Å². The van der Waals surface area contributed by atoms with Gasteiger partial charge in [-0.2, -0.15) is 0 Å². The summed E-state index contributed by atoms with van der Waals surface area (Å²) in [5.74, 6) is 0.765. The number of likely N-dealkylation sites (tertiary alicyclic amines) is 1. The van der Waals surface area contributed by atoms with Gasteiger partial charge in [-0.3, -0.25) is 0 Å². The average Bonchev–Trinajstić information content (AvgIpc) is 2.09. The SMILES string of the molecule is CC(CCN)CN1CCC(C)(C)CC1. The van der Waals surface area contributed by atoms with Crippen LogP contribution in [0.2, 0.25) is 0 Å². The lowest BCUT2D eigenvalue weighted by Gasteiger charge is -2.38.